The van der Waals surface area contributed by atoms with Gasteiger partial charge in [0.05, 0.1) is 13.1 Å². The third kappa shape index (κ3) is 15.2. The molecule has 11 heteroatoms. The van der Waals surface area contributed by atoms with Crippen molar-refractivity contribution in [1.82, 2.24) is 21.3 Å². The van der Waals surface area contributed by atoms with Gasteiger partial charge >= 0.3 is 5.97 Å². The van der Waals surface area contributed by atoms with Gasteiger partial charge in [0, 0.05) is 6.92 Å². The predicted molar refractivity (Wildman–Crippen MR) is 98.6 cm³/mol. The van der Waals surface area contributed by atoms with Crippen molar-refractivity contribution in [3.63, 3.8) is 0 Å². The van der Waals surface area contributed by atoms with Gasteiger partial charge in [-0.3, -0.25) is 24.0 Å². The lowest BCUT2D eigenvalue weighted by atomic mass is 10.2. The smallest absolute Gasteiger partial charge is 0.322 e. The molecule has 5 N–H and O–H groups in total. The molecule has 4 amide bonds. The second-order valence-electron chi connectivity index (χ2n) is 4.70. The van der Waals surface area contributed by atoms with Gasteiger partial charge in [0.15, 0.2) is 0 Å². The molecule has 0 radical (unpaired) electrons. The summed E-state index contributed by atoms with van der Waals surface area (Å²) in [5.74, 6) is -2.65. The number of carbonyl (C=O) groups is 5. The van der Waals surface area contributed by atoms with Gasteiger partial charge in [0.25, 0.3) is 0 Å². The van der Waals surface area contributed by atoms with Gasteiger partial charge in [-0.15, -0.1) is 0 Å². The van der Waals surface area contributed by atoms with Crippen LogP contribution in [0.25, 0.3) is 0 Å². The number of carboxylic acids is 1. The first-order valence-electron chi connectivity index (χ1n) is 8.05. The molecule has 0 aliphatic heterocycles. The molecule has 0 aliphatic rings. The number of aliphatic carboxylic acids is 1. The van der Waals surface area contributed by atoms with Crippen molar-refractivity contribution in [3.05, 3.63) is 0 Å². The van der Waals surface area contributed by atoms with E-state index < -0.39 is 42.8 Å². The van der Waals surface area contributed by atoms with E-state index in [0.717, 1.165) is 0 Å². The summed E-state index contributed by atoms with van der Waals surface area (Å²) in [6.07, 6.45) is 2.29. The summed E-state index contributed by atoms with van der Waals surface area (Å²) < 4.78 is 0. The molecule has 0 rings (SSSR count). The average Bonchev–Trinajstić information content (AvgIpc) is 2.60. The normalized spacial score (nSPS) is 10.5. The summed E-state index contributed by atoms with van der Waals surface area (Å²) in [5.41, 5.74) is 0. The van der Waals surface area contributed by atoms with Crippen molar-refractivity contribution in [2.75, 3.05) is 31.6 Å². The Bertz CT molecular complexity index is 487. The van der Waals surface area contributed by atoms with Crippen LogP contribution in [0, 0.1) is 0 Å². The largest absolute Gasteiger partial charge is 0.480 e. The molecule has 1 unspecified atom stereocenters. The van der Waals surface area contributed by atoms with Crippen LogP contribution in [0.2, 0.25) is 0 Å². The number of carbonyl (C=O) groups excluding carboxylic acids is 4. The van der Waals surface area contributed by atoms with Crippen LogP contribution >= 0.6 is 11.8 Å². The summed E-state index contributed by atoms with van der Waals surface area (Å²) in [6.45, 7) is 3.99. The molecule has 0 aliphatic carbocycles. The zero-order valence-electron chi connectivity index (χ0n) is 15.5. The zero-order chi connectivity index (χ0) is 20.5. The SMILES string of the molecule is CC.CSCCC(NC(C)=O)C(=O)NCC(=O)NCC(=O)NCC(=O)O. The highest BCUT2D eigenvalue weighted by molar-refractivity contribution is 7.98. The molecule has 0 fully saturated rings. The molecule has 0 spiro atoms. The Kier molecular flexibility index (Phi) is 16.1. The molecule has 10 nitrogen and oxygen atoms in total. The molecule has 0 aromatic carbocycles. The number of carboxylic acid groups (broad SMARTS) is 1. The van der Waals surface area contributed by atoms with Crippen LogP contribution in [-0.2, 0) is 24.0 Å². The summed E-state index contributed by atoms with van der Waals surface area (Å²) in [5, 5.41) is 17.6. The first-order chi connectivity index (χ1) is 12.3. The van der Waals surface area contributed by atoms with Crippen LogP contribution in [-0.4, -0.2) is 72.4 Å². The van der Waals surface area contributed by atoms with Crippen molar-refractivity contribution in [2.24, 2.45) is 0 Å². The highest BCUT2D eigenvalue weighted by atomic mass is 32.2. The second-order valence-corrected chi connectivity index (χ2v) is 5.69. The van der Waals surface area contributed by atoms with Crippen LogP contribution in [0.4, 0.5) is 0 Å². The lowest BCUT2D eigenvalue weighted by Crippen LogP contribution is -2.49. The summed E-state index contributed by atoms with van der Waals surface area (Å²) in [7, 11) is 0. The van der Waals surface area contributed by atoms with E-state index in [4.69, 9.17) is 5.11 Å². The lowest BCUT2D eigenvalue weighted by molar-refractivity contribution is -0.137. The van der Waals surface area contributed by atoms with Gasteiger partial charge < -0.3 is 26.4 Å². The Labute approximate surface area is 157 Å². The third-order valence-electron chi connectivity index (χ3n) is 2.61. The van der Waals surface area contributed by atoms with Crippen molar-refractivity contribution < 1.29 is 29.1 Å². The summed E-state index contributed by atoms with van der Waals surface area (Å²) >= 11 is 1.52. The number of hydrogen-bond acceptors (Lipinski definition) is 6. The van der Waals surface area contributed by atoms with E-state index in [2.05, 4.69) is 21.3 Å². The fraction of sp³-hybridized carbons (Fsp3) is 0.667. The topological polar surface area (TPSA) is 154 Å². The maximum Gasteiger partial charge on any atom is 0.322 e. The second kappa shape index (κ2) is 16.2. The van der Waals surface area contributed by atoms with Crippen LogP contribution in [0.5, 0.6) is 0 Å². The Hall–Kier alpha value is -2.30. The van der Waals surface area contributed by atoms with Crippen LogP contribution in [0.3, 0.4) is 0 Å². The molecule has 26 heavy (non-hydrogen) atoms. The summed E-state index contributed by atoms with van der Waals surface area (Å²) in [4.78, 5) is 56.0. The number of nitrogens with one attached hydrogen (secondary N) is 4. The Balaban J connectivity index is 0. The molecule has 0 saturated heterocycles. The molecule has 1 atom stereocenters. The molecular weight excluding hydrogens is 364 g/mol. The Morgan fingerprint density at radius 2 is 1.42 bits per heavy atom. The molecule has 150 valence electrons. The monoisotopic (exact) mass is 392 g/mol. The standard InChI is InChI=1S/C13H22N4O6S.C2H6/c1-8(18)17-9(3-4-24-2)13(23)16-6-11(20)14-5-10(19)15-7-12(21)22;1-2/h9H,3-7H2,1-2H3,(H,14,20)(H,15,19)(H,16,23)(H,17,18)(H,21,22);1-2H3. The number of hydrogen-bond donors (Lipinski definition) is 5. The number of thioether (sulfide) groups is 1. The molecule has 0 aromatic rings. The summed E-state index contributed by atoms with van der Waals surface area (Å²) in [6, 6.07) is -0.735. The minimum absolute atomic E-state index is 0.351. The van der Waals surface area contributed by atoms with Gasteiger partial charge in [-0.25, -0.2) is 0 Å². The molecule has 0 saturated carbocycles. The average molecular weight is 392 g/mol. The Morgan fingerprint density at radius 1 is 0.923 bits per heavy atom. The third-order valence-corrected chi connectivity index (χ3v) is 3.25. The van der Waals surface area contributed by atoms with Gasteiger partial charge in [0.2, 0.25) is 23.6 Å². The molecule has 0 bridgehead atoms. The first-order valence-corrected chi connectivity index (χ1v) is 9.44. The minimum Gasteiger partial charge on any atom is -0.480 e. The quantitative estimate of drug-likeness (QED) is 0.293. The zero-order valence-corrected chi connectivity index (χ0v) is 16.3. The maximum absolute atomic E-state index is 11.9. The lowest BCUT2D eigenvalue weighted by Gasteiger charge is -2.17. The predicted octanol–water partition coefficient (Wildman–Crippen LogP) is -1.30. The van der Waals surface area contributed by atoms with Crippen LogP contribution in [0.15, 0.2) is 0 Å². The molecular formula is C15H28N4O6S. The number of rotatable bonds is 11. The van der Waals surface area contributed by atoms with Crippen molar-refractivity contribution in [2.45, 2.75) is 33.2 Å². The minimum atomic E-state index is -1.20. The van der Waals surface area contributed by atoms with E-state index in [1.165, 1.54) is 18.7 Å². The van der Waals surface area contributed by atoms with Gasteiger partial charge in [-0.05, 0) is 18.4 Å². The van der Waals surface area contributed by atoms with Crippen molar-refractivity contribution in [1.29, 1.82) is 0 Å². The van der Waals surface area contributed by atoms with E-state index in [-0.39, 0.29) is 12.5 Å². The fourth-order valence-corrected chi connectivity index (χ4v) is 1.99. The number of amides is 4. The van der Waals surface area contributed by atoms with E-state index >= 15 is 0 Å². The fourth-order valence-electron chi connectivity index (χ4n) is 1.52. The first kappa shape index (κ1) is 25.9. The molecule has 0 aromatic heterocycles. The van der Waals surface area contributed by atoms with E-state index in [9.17, 15) is 24.0 Å². The van der Waals surface area contributed by atoms with Gasteiger partial charge in [0.1, 0.15) is 12.6 Å². The van der Waals surface area contributed by atoms with E-state index in [1.807, 2.05) is 20.1 Å². The van der Waals surface area contributed by atoms with Crippen LogP contribution in [0.1, 0.15) is 27.2 Å². The Morgan fingerprint density at radius 3 is 1.88 bits per heavy atom. The maximum atomic E-state index is 11.9. The highest BCUT2D eigenvalue weighted by Gasteiger charge is 2.19. The van der Waals surface area contributed by atoms with Crippen molar-refractivity contribution >= 4 is 41.4 Å². The molecule has 0 heterocycles. The van der Waals surface area contributed by atoms with E-state index in [0.29, 0.717) is 12.2 Å². The van der Waals surface area contributed by atoms with Gasteiger partial charge in [-0.1, -0.05) is 13.8 Å². The van der Waals surface area contributed by atoms with Gasteiger partial charge in [-0.2, -0.15) is 11.8 Å². The highest BCUT2D eigenvalue weighted by Crippen LogP contribution is 2.01. The van der Waals surface area contributed by atoms with Crippen LogP contribution < -0.4 is 21.3 Å². The van der Waals surface area contributed by atoms with E-state index in [1.54, 1.807) is 0 Å². The van der Waals surface area contributed by atoms with Crippen molar-refractivity contribution in [3.8, 4) is 0 Å².